The van der Waals surface area contributed by atoms with Gasteiger partial charge in [0, 0.05) is 24.2 Å². The van der Waals surface area contributed by atoms with Gasteiger partial charge in [-0.2, -0.15) is 5.26 Å². The Balaban J connectivity index is 1.59. The van der Waals surface area contributed by atoms with E-state index < -0.39 is 0 Å². The largest absolute Gasteiger partial charge is 0.475 e. The summed E-state index contributed by atoms with van der Waals surface area (Å²) in [6, 6.07) is 13.4. The number of pyridine rings is 1. The number of nitrogens with one attached hydrogen (secondary N) is 1. The van der Waals surface area contributed by atoms with Crippen molar-refractivity contribution in [1.29, 1.82) is 5.26 Å². The minimum Gasteiger partial charge on any atom is -0.475 e. The van der Waals surface area contributed by atoms with Crippen molar-refractivity contribution >= 4 is 5.91 Å². The maximum atomic E-state index is 12.4. The third-order valence-corrected chi connectivity index (χ3v) is 4.22. The van der Waals surface area contributed by atoms with Crippen molar-refractivity contribution in [3.63, 3.8) is 0 Å². The Morgan fingerprint density at radius 2 is 2.24 bits per heavy atom. The molecule has 0 aliphatic heterocycles. The summed E-state index contributed by atoms with van der Waals surface area (Å²) < 4.78 is 5.68. The van der Waals surface area contributed by atoms with Crippen molar-refractivity contribution in [3.05, 3.63) is 59.3 Å². The summed E-state index contributed by atoms with van der Waals surface area (Å²) in [4.78, 5) is 16.6. The Kier molecular flexibility index (Phi) is 4.99. The molecule has 1 fully saturated rings. The summed E-state index contributed by atoms with van der Waals surface area (Å²) in [7, 11) is 0. The smallest absolute Gasteiger partial charge is 0.224 e. The van der Waals surface area contributed by atoms with Crippen molar-refractivity contribution in [2.24, 2.45) is 5.92 Å². The Bertz CT molecular complexity index is 811. The number of aromatic nitrogens is 1. The second-order valence-electron chi connectivity index (χ2n) is 6.54. The van der Waals surface area contributed by atoms with Gasteiger partial charge in [-0.3, -0.25) is 4.79 Å². The van der Waals surface area contributed by atoms with E-state index in [4.69, 9.17) is 10.00 Å². The number of benzene rings is 1. The van der Waals surface area contributed by atoms with Crippen molar-refractivity contribution in [2.45, 2.75) is 38.8 Å². The number of ether oxygens (including phenoxy) is 1. The Hall–Kier alpha value is -2.87. The monoisotopic (exact) mass is 335 g/mol. The second-order valence-corrected chi connectivity index (χ2v) is 6.54. The molecule has 2 atom stereocenters. The molecule has 0 spiro atoms. The van der Waals surface area contributed by atoms with E-state index in [1.807, 2.05) is 44.2 Å². The van der Waals surface area contributed by atoms with Crippen LogP contribution in [0.4, 0.5) is 0 Å². The highest BCUT2D eigenvalue weighted by Gasteiger charge is 2.43. The first-order valence-corrected chi connectivity index (χ1v) is 8.47. The molecule has 0 radical (unpaired) electrons. The van der Waals surface area contributed by atoms with Crippen LogP contribution in [0.5, 0.6) is 5.88 Å². The zero-order valence-corrected chi connectivity index (χ0v) is 14.4. The highest BCUT2D eigenvalue weighted by molar-refractivity contribution is 5.83. The van der Waals surface area contributed by atoms with Crippen LogP contribution in [0.25, 0.3) is 0 Å². The average molecular weight is 335 g/mol. The number of nitrogens with zero attached hydrogens (tertiary/aromatic N) is 2. The molecule has 128 valence electrons. The molecular formula is C20H21N3O2. The summed E-state index contributed by atoms with van der Waals surface area (Å²) in [5.41, 5.74) is 2.56. The molecule has 1 N–H and O–H groups in total. The lowest BCUT2D eigenvalue weighted by atomic mass is 10.1. The maximum absolute atomic E-state index is 12.4. The summed E-state index contributed by atoms with van der Waals surface area (Å²) in [6.45, 7) is 4.29. The topological polar surface area (TPSA) is 75.0 Å². The van der Waals surface area contributed by atoms with Gasteiger partial charge in [0.05, 0.1) is 17.7 Å². The normalized spacial score (nSPS) is 18.5. The standard InChI is InChI=1S/C20H21N3O2/c1-13(2)25-20-16(7-4-8-22-20)12-23-19(24)18-10-17(18)15-6-3-5-14(9-15)11-21/h3-9,13,17-18H,10,12H2,1-2H3,(H,23,24)/t17-,18-/m0/s1. The van der Waals surface area contributed by atoms with Gasteiger partial charge in [-0.15, -0.1) is 0 Å². The van der Waals surface area contributed by atoms with Crippen molar-refractivity contribution in [2.75, 3.05) is 0 Å². The molecule has 1 amide bonds. The van der Waals surface area contributed by atoms with E-state index in [0.717, 1.165) is 17.5 Å². The Morgan fingerprint density at radius 1 is 1.40 bits per heavy atom. The number of hydrogen-bond donors (Lipinski definition) is 1. The third kappa shape index (κ3) is 4.16. The van der Waals surface area contributed by atoms with E-state index in [1.165, 1.54) is 0 Å². The number of hydrogen-bond acceptors (Lipinski definition) is 4. The lowest BCUT2D eigenvalue weighted by Crippen LogP contribution is -2.25. The van der Waals surface area contributed by atoms with Gasteiger partial charge in [0.2, 0.25) is 11.8 Å². The van der Waals surface area contributed by atoms with E-state index in [-0.39, 0.29) is 23.8 Å². The molecule has 1 aromatic carbocycles. The molecule has 1 saturated carbocycles. The van der Waals surface area contributed by atoms with E-state index in [9.17, 15) is 4.79 Å². The van der Waals surface area contributed by atoms with E-state index in [0.29, 0.717) is 18.0 Å². The first-order valence-electron chi connectivity index (χ1n) is 8.47. The first kappa shape index (κ1) is 17.0. The number of amides is 1. The van der Waals surface area contributed by atoms with E-state index in [2.05, 4.69) is 16.4 Å². The molecule has 1 heterocycles. The number of nitriles is 1. The molecule has 2 aromatic rings. The van der Waals surface area contributed by atoms with Gasteiger partial charge in [0.1, 0.15) is 0 Å². The minimum atomic E-state index is -0.0277. The quantitative estimate of drug-likeness (QED) is 0.880. The van der Waals surface area contributed by atoms with Gasteiger partial charge in [-0.25, -0.2) is 4.98 Å². The molecule has 1 aromatic heterocycles. The summed E-state index contributed by atoms with van der Waals surface area (Å²) >= 11 is 0. The zero-order valence-electron chi connectivity index (χ0n) is 14.4. The zero-order chi connectivity index (χ0) is 17.8. The SMILES string of the molecule is CC(C)Oc1ncccc1CNC(=O)[C@H]1C[C@H]1c1cccc(C#N)c1. The number of rotatable bonds is 6. The van der Waals surface area contributed by atoms with Crippen LogP contribution in [0.1, 0.15) is 42.9 Å². The number of carbonyl (C=O) groups excluding carboxylic acids is 1. The van der Waals surface area contributed by atoms with Gasteiger partial charge in [-0.05, 0) is 49.9 Å². The molecule has 0 saturated heterocycles. The fourth-order valence-electron chi connectivity index (χ4n) is 2.89. The maximum Gasteiger partial charge on any atom is 0.224 e. The molecule has 0 unspecified atom stereocenters. The molecule has 25 heavy (non-hydrogen) atoms. The van der Waals surface area contributed by atoms with Gasteiger partial charge < -0.3 is 10.1 Å². The highest BCUT2D eigenvalue weighted by atomic mass is 16.5. The minimum absolute atomic E-state index is 0.0277. The summed E-state index contributed by atoms with van der Waals surface area (Å²) in [6.07, 6.45) is 2.54. The number of carbonyl (C=O) groups is 1. The lowest BCUT2D eigenvalue weighted by molar-refractivity contribution is -0.122. The van der Waals surface area contributed by atoms with Crippen LogP contribution in [-0.4, -0.2) is 17.0 Å². The van der Waals surface area contributed by atoms with E-state index in [1.54, 1.807) is 12.3 Å². The predicted molar refractivity (Wildman–Crippen MR) is 93.9 cm³/mol. The molecule has 5 nitrogen and oxygen atoms in total. The first-order chi connectivity index (χ1) is 12.1. The highest BCUT2D eigenvalue weighted by Crippen LogP contribution is 2.47. The van der Waals surface area contributed by atoms with Gasteiger partial charge >= 0.3 is 0 Å². The van der Waals surface area contributed by atoms with Crippen LogP contribution in [0.3, 0.4) is 0 Å². The second kappa shape index (κ2) is 7.35. The van der Waals surface area contributed by atoms with Gasteiger partial charge in [0.25, 0.3) is 0 Å². The molecule has 3 rings (SSSR count). The molecule has 1 aliphatic rings. The summed E-state index contributed by atoms with van der Waals surface area (Å²) in [5.74, 6) is 0.771. The third-order valence-electron chi connectivity index (χ3n) is 4.22. The van der Waals surface area contributed by atoms with Crippen molar-refractivity contribution in [1.82, 2.24) is 10.3 Å². The molecule has 1 aliphatic carbocycles. The van der Waals surface area contributed by atoms with Crippen LogP contribution in [0.15, 0.2) is 42.6 Å². The van der Waals surface area contributed by atoms with E-state index >= 15 is 0 Å². The fraction of sp³-hybridized carbons (Fsp3) is 0.350. The van der Waals surface area contributed by atoms with Crippen LogP contribution in [-0.2, 0) is 11.3 Å². The average Bonchev–Trinajstić information content (AvgIpc) is 3.41. The van der Waals surface area contributed by atoms with Crippen LogP contribution in [0, 0.1) is 17.2 Å². The van der Waals surface area contributed by atoms with Crippen LogP contribution >= 0.6 is 0 Å². The van der Waals surface area contributed by atoms with Crippen LogP contribution in [0.2, 0.25) is 0 Å². The fourth-order valence-corrected chi connectivity index (χ4v) is 2.89. The Labute approximate surface area is 147 Å². The molecular weight excluding hydrogens is 314 g/mol. The van der Waals surface area contributed by atoms with Gasteiger partial charge in [-0.1, -0.05) is 18.2 Å². The molecule has 0 bridgehead atoms. The van der Waals surface area contributed by atoms with Gasteiger partial charge in [0.15, 0.2) is 0 Å². The molecule has 5 heteroatoms. The Morgan fingerprint density at radius 3 is 3.00 bits per heavy atom. The van der Waals surface area contributed by atoms with Crippen LogP contribution < -0.4 is 10.1 Å². The lowest BCUT2D eigenvalue weighted by Gasteiger charge is -2.13. The summed E-state index contributed by atoms with van der Waals surface area (Å²) in [5, 5.41) is 12.0. The van der Waals surface area contributed by atoms with Crippen molar-refractivity contribution in [3.8, 4) is 11.9 Å². The van der Waals surface area contributed by atoms with Crippen molar-refractivity contribution < 1.29 is 9.53 Å². The predicted octanol–water partition coefficient (Wildman–Crippen LogP) is 3.16.